The second-order valence-corrected chi connectivity index (χ2v) is 6.60. The van der Waals surface area contributed by atoms with Crippen LogP contribution in [0.5, 0.6) is 0 Å². The molecule has 3 nitrogen and oxygen atoms in total. The van der Waals surface area contributed by atoms with Gasteiger partial charge in [-0.25, -0.2) is 8.42 Å². The normalized spacial score (nSPS) is 32.5. The summed E-state index contributed by atoms with van der Waals surface area (Å²) >= 11 is 0. The summed E-state index contributed by atoms with van der Waals surface area (Å²) in [6.45, 7) is 1.59. The van der Waals surface area contributed by atoms with Gasteiger partial charge in [0, 0.05) is 11.8 Å². The number of sulfone groups is 1. The van der Waals surface area contributed by atoms with Crippen molar-refractivity contribution in [2.75, 3.05) is 11.5 Å². The Labute approximate surface area is 78.4 Å². The molecule has 1 spiro atoms. The van der Waals surface area contributed by atoms with E-state index in [2.05, 4.69) is 0 Å². The fourth-order valence-corrected chi connectivity index (χ4v) is 4.78. The topological polar surface area (TPSA) is 51.2 Å². The highest BCUT2D eigenvalue weighted by molar-refractivity contribution is 7.92. The highest BCUT2D eigenvalue weighted by atomic mass is 32.2. The maximum Gasteiger partial charge on any atom is 0.151 e. The van der Waals surface area contributed by atoms with Crippen LogP contribution in [0.15, 0.2) is 0 Å². The molecule has 1 heterocycles. The van der Waals surface area contributed by atoms with Gasteiger partial charge in [0.25, 0.3) is 0 Å². The standard InChI is InChI=1S/C9H14O3S/c1-7(10)2-3-8-4-9(8)5-13(11,12)6-9/h8H,2-6H2,1H3. The molecule has 0 aromatic rings. The van der Waals surface area contributed by atoms with Crippen LogP contribution in [-0.4, -0.2) is 25.7 Å². The highest BCUT2D eigenvalue weighted by Crippen LogP contribution is 2.61. The minimum Gasteiger partial charge on any atom is -0.300 e. The van der Waals surface area contributed by atoms with E-state index in [1.165, 1.54) is 0 Å². The van der Waals surface area contributed by atoms with Gasteiger partial charge >= 0.3 is 0 Å². The molecule has 13 heavy (non-hydrogen) atoms. The van der Waals surface area contributed by atoms with Crippen LogP contribution in [0.4, 0.5) is 0 Å². The second kappa shape index (κ2) is 2.56. The summed E-state index contributed by atoms with van der Waals surface area (Å²) in [5.74, 6) is 1.48. The van der Waals surface area contributed by atoms with Crippen molar-refractivity contribution in [3.05, 3.63) is 0 Å². The Morgan fingerprint density at radius 3 is 2.54 bits per heavy atom. The minimum atomic E-state index is -2.68. The third-order valence-corrected chi connectivity index (χ3v) is 5.25. The van der Waals surface area contributed by atoms with Crippen molar-refractivity contribution in [2.45, 2.75) is 26.2 Å². The lowest BCUT2D eigenvalue weighted by Crippen LogP contribution is -2.39. The van der Waals surface area contributed by atoms with E-state index < -0.39 is 9.84 Å². The second-order valence-electron chi connectivity index (χ2n) is 4.54. The smallest absolute Gasteiger partial charge is 0.151 e. The molecule has 74 valence electrons. The largest absolute Gasteiger partial charge is 0.300 e. The summed E-state index contributed by atoms with van der Waals surface area (Å²) in [6, 6.07) is 0. The minimum absolute atomic E-state index is 0.119. The summed E-state index contributed by atoms with van der Waals surface area (Å²) < 4.78 is 21.9. The number of hydrogen-bond acceptors (Lipinski definition) is 3. The molecule has 2 rings (SSSR count). The predicted molar refractivity (Wildman–Crippen MR) is 49.1 cm³/mol. The molecule has 1 saturated carbocycles. The molecule has 0 amide bonds. The van der Waals surface area contributed by atoms with Gasteiger partial charge in [-0.05, 0) is 25.7 Å². The third-order valence-electron chi connectivity index (χ3n) is 3.22. The van der Waals surface area contributed by atoms with Gasteiger partial charge in [-0.2, -0.15) is 0 Å². The molecule has 1 aliphatic heterocycles. The summed E-state index contributed by atoms with van der Waals surface area (Å²) in [4.78, 5) is 10.7. The van der Waals surface area contributed by atoms with Crippen LogP contribution >= 0.6 is 0 Å². The lowest BCUT2D eigenvalue weighted by molar-refractivity contribution is -0.117. The summed E-state index contributed by atoms with van der Waals surface area (Å²) in [5, 5.41) is 0. The Balaban J connectivity index is 1.81. The maximum atomic E-state index is 11.0. The van der Waals surface area contributed by atoms with E-state index in [9.17, 15) is 13.2 Å². The van der Waals surface area contributed by atoms with Crippen LogP contribution in [-0.2, 0) is 14.6 Å². The predicted octanol–water partition coefficient (Wildman–Crippen LogP) is 0.790. The zero-order valence-corrected chi connectivity index (χ0v) is 8.56. The first-order valence-corrected chi connectivity index (χ1v) is 6.46. The molecular formula is C9H14O3S. The molecule has 1 atom stereocenters. The Hall–Kier alpha value is -0.380. The van der Waals surface area contributed by atoms with Gasteiger partial charge in [0.1, 0.15) is 5.78 Å². The number of ketones is 1. The van der Waals surface area contributed by atoms with Gasteiger partial charge in [0.2, 0.25) is 0 Å². The van der Waals surface area contributed by atoms with Crippen LogP contribution in [0.2, 0.25) is 0 Å². The zero-order chi connectivity index (χ0) is 9.69. The lowest BCUT2D eigenvalue weighted by Gasteiger charge is -2.26. The number of carbonyl (C=O) groups is 1. The van der Waals surface area contributed by atoms with Crippen molar-refractivity contribution < 1.29 is 13.2 Å². The number of hydrogen-bond donors (Lipinski definition) is 0. The number of Topliss-reactive ketones (excluding diaryl/α,β-unsaturated/α-hetero) is 1. The third kappa shape index (κ3) is 1.64. The van der Waals surface area contributed by atoms with Crippen LogP contribution in [0.25, 0.3) is 0 Å². The van der Waals surface area contributed by atoms with Gasteiger partial charge in [0.05, 0.1) is 11.5 Å². The summed E-state index contributed by atoms with van der Waals surface area (Å²) in [5.41, 5.74) is 0.119. The first kappa shape index (κ1) is 9.19. The molecule has 1 aliphatic carbocycles. The average molecular weight is 202 g/mol. The molecule has 1 unspecified atom stereocenters. The molecule has 0 radical (unpaired) electrons. The molecule has 2 fully saturated rings. The molecule has 2 aliphatic rings. The Kier molecular flexibility index (Phi) is 1.81. The van der Waals surface area contributed by atoms with Crippen molar-refractivity contribution in [3.8, 4) is 0 Å². The van der Waals surface area contributed by atoms with Gasteiger partial charge < -0.3 is 4.79 Å². The molecule has 0 aromatic heterocycles. The Bertz CT molecular complexity index is 330. The first-order chi connectivity index (χ1) is 5.94. The lowest BCUT2D eigenvalue weighted by atomic mass is 10.0. The molecule has 1 saturated heterocycles. The highest BCUT2D eigenvalue weighted by Gasteiger charge is 2.63. The number of rotatable bonds is 3. The van der Waals surface area contributed by atoms with Crippen LogP contribution < -0.4 is 0 Å². The van der Waals surface area contributed by atoms with Crippen molar-refractivity contribution in [2.24, 2.45) is 11.3 Å². The SMILES string of the molecule is CC(=O)CCC1CC12CS(=O)(=O)C2. The maximum absolute atomic E-state index is 11.0. The Morgan fingerprint density at radius 2 is 2.08 bits per heavy atom. The van der Waals surface area contributed by atoms with E-state index in [1.807, 2.05) is 0 Å². The van der Waals surface area contributed by atoms with Crippen LogP contribution in [0.1, 0.15) is 26.2 Å². The van der Waals surface area contributed by atoms with E-state index >= 15 is 0 Å². The number of carbonyl (C=O) groups excluding carboxylic acids is 1. The molecule has 0 bridgehead atoms. The zero-order valence-electron chi connectivity index (χ0n) is 7.75. The van der Waals surface area contributed by atoms with E-state index in [1.54, 1.807) is 6.92 Å². The van der Waals surface area contributed by atoms with Crippen molar-refractivity contribution in [1.29, 1.82) is 0 Å². The van der Waals surface area contributed by atoms with Gasteiger partial charge in [0.15, 0.2) is 9.84 Å². The van der Waals surface area contributed by atoms with Crippen molar-refractivity contribution in [1.82, 2.24) is 0 Å². The van der Waals surface area contributed by atoms with Gasteiger partial charge in [-0.3, -0.25) is 0 Å². The van der Waals surface area contributed by atoms with Gasteiger partial charge in [-0.15, -0.1) is 0 Å². The molecule has 0 N–H and O–H groups in total. The molecule has 4 heteroatoms. The summed E-state index contributed by atoms with van der Waals surface area (Å²) in [6.07, 6.45) is 2.54. The molecule has 0 aromatic carbocycles. The quantitative estimate of drug-likeness (QED) is 0.680. The first-order valence-electron chi connectivity index (χ1n) is 4.63. The molecular weight excluding hydrogens is 188 g/mol. The monoisotopic (exact) mass is 202 g/mol. The Morgan fingerprint density at radius 1 is 1.46 bits per heavy atom. The fourth-order valence-electron chi connectivity index (χ4n) is 2.40. The van der Waals surface area contributed by atoms with E-state index in [0.29, 0.717) is 23.8 Å². The van der Waals surface area contributed by atoms with Crippen molar-refractivity contribution in [3.63, 3.8) is 0 Å². The van der Waals surface area contributed by atoms with E-state index in [4.69, 9.17) is 0 Å². The summed E-state index contributed by atoms with van der Waals surface area (Å²) in [7, 11) is -2.68. The fraction of sp³-hybridized carbons (Fsp3) is 0.889. The van der Waals surface area contributed by atoms with Crippen LogP contribution in [0, 0.1) is 11.3 Å². The van der Waals surface area contributed by atoms with Crippen LogP contribution in [0.3, 0.4) is 0 Å². The van der Waals surface area contributed by atoms with E-state index in [0.717, 1.165) is 12.8 Å². The van der Waals surface area contributed by atoms with Crippen molar-refractivity contribution >= 4 is 15.6 Å². The van der Waals surface area contributed by atoms with E-state index in [-0.39, 0.29) is 11.2 Å². The van der Waals surface area contributed by atoms with Gasteiger partial charge in [-0.1, -0.05) is 0 Å². The average Bonchev–Trinajstić information content (AvgIpc) is 2.56.